The van der Waals surface area contributed by atoms with Crippen molar-refractivity contribution in [3.8, 4) is 0 Å². The van der Waals surface area contributed by atoms with E-state index in [0.717, 1.165) is 34.0 Å². The molecular formula is C118H172FeO16P8. The van der Waals surface area contributed by atoms with Crippen molar-refractivity contribution in [3.05, 3.63) is 231 Å². The van der Waals surface area contributed by atoms with Crippen LogP contribution >= 0.6 is 63.4 Å². The number of hydrogen-bond donors (Lipinski definition) is 4. The van der Waals surface area contributed by atoms with Crippen LogP contribution in [0.15, 0.2) is 194 Å². The normalized spacial score (nSPS) is 40.6. The van der Waals surface area contributed by atoms with Crippen LogP contribution in [0.4, 0.5) is 0 Å². The van der Waals surface area contributed by atoms with E-state index in [1.54, 1.807) is 10.6 Å². The van der Waals surface area contributed by atoms with Crippen LogP contribution in [0, 0.1) is 14.9 Å². The molecule has 788 valence electrons. The first-order valence-electron chi connectivity index (χ1n) is 53.0. The fourth-order valence-electron chi connectivity index (χ4n) is 27.1. The minimum Gasteiger partial charge on any atom is -0.390 e. The molecule has 21 rings (SSSR count). The van der Waals surface area contributed by atoms with Crippen molar-refractivity contribution in [2.45, 2.75) is 467 Å². The third kappa shape index (κ3) is 24.6. The summed E-state index contributed by atoms with van der Waals surface area (Å²) in [4.78, 5) is 0. The molecule has 4 N–H and O–H groups in total. The standard InChI is InChI=1S/C46H52O4P2.C24H36O4P2.C18H28O4P2.2C14H25O2P.2CH3.Fe/c1-33-43(47-29-37-19-9-5-10-20-37)44(48-30-38-21-11-6-12-22-38)34(2)51(33)41-27-17-18-28-42(41)52-35(3)45(49-31-39-23-13-7-14-24-39)46(36(52)4)50-32-40-25-15-8-16-26-40;1-13-19-20(26-23(5,6)25-19)14(2)29(13)17-11-9-10-12-18(17)30-15(3)21-22(16(30)4)28-24(7,8)27-21;1-9-15(19)16(20)10(2)23(9)13-7-5-6-8-14(13)24-11(3)17(21)18(22)12(24)4;2*1-9-12-13(16-14(3,4)15-12)10(2)17(9)11-7-5-6-8-11;;;/h5-28,33-36,43-46H,29-32H2,1-4H3;9-16,19-22H,1-8H3;5-12,15-22H,1-4H3;2*9-13H,5-8H2,1-4H3;2*1H3;/q;;;;;2*-1;+2/t33-,34-,35-,36-,43+,44+,45+,46+;13-,14-,15-,16-,19+,20+,21+,22+;9-,10-,11-,12-,15+,16+,17+,18+;2*9-,10-,12+,13+;;;/m00000.../s1. The van der Waals surface area contributed by atoms with Gasteiger partial charge in [0.1, 0.15) is 0 Å². The third-order valence-corrected chi connectivity index (χ3v) is 61.7. The summed E-state index contributed by atoms with van der Waals surface area (Å²) in [6.45, 7) is 55.7. The molecule has 25 heteroatoms. The zero-order valence-corrected chi connectivity index (χ0v) is 98.5. The molecule has 14 fully saturated rings. The molecule has 14 aliphatic rings. The number of rotatable bonds is 20. The molecule has 0 radical (unpaired) electrons. The van der Waals surface area contributed by atoms with Gasteiger partial charge < -0.3 is 92.1 Å². The number of benzene rings is 7. The Morgan fingerprint density at radius 3 is 0.566 bits per heavy atom. The van der Waals surface area contributed by atoms with Gasteiger partial charge in [-0.3, -0.25) is 0 Å². The average molecular weight is 2150 g/mol. The van der Waals surface area contributed by atoms with Crippen LogP contribution in [0.1, 0.15) is 240 Å². The van der Waals surface area contributed by atoms with Gasteiger partial charge in [-0.15, -0.1) is 0 Å². The Kier molecular flexibility index (Phi) is 40.1. The second-order valence-corrected chi connectivity index (χ2v) is 68.9. The summed E-state index contributed by atoms with van der Waals surface area (Å²) in [5.74, 6) is -1.63. The van der Waals surface area contributed by atoms with Gasteiger partial charge in [-0.25, -0.2) is 0 Å². The van der Waals surface area contributed by atoms with Crippen LogP contribution in [0.5, 0.6) is 0 Å². The van der Waals surface area contributed by atoms with Crippen LogP contribution in [0.3, 0.4) is 0 Å². The summed E-state index contributed by atoms with van der Waals surface area (Å²) >= 11 is 0. The van der Waals surface area contributed by atoms with Gasteiger partial charge in [-0.1, -0.05) is 394 Å². The monoisotopic (exact) mass is 2150 g/mol. The molecule has 7 aromatic carbocycles. The van der Waals surface area contributed by atoms with Gasteiger partial charge in [0, 0.05) is 90.5 Å². The molecule has 0 unspecified atom stereocenters. The predicted octanol–water partition coefficient (Wildman–Crippen LogP) is 23.6. The van der Waals surface area contributed by atoms with Gasteiger partial charge in [0.2, 0.25) is 0 Å². The quantitative estimate of drug-likeness (QED) is 0.0320. The molecule has 143 heavy (non-hydrogen) atoms. The smallest absolute Gasteiger partial charge is 0.390 e. The van der Waals surface area contributed by atoms with Gasteiger partial charge in [0.25, 0.3) is 0 Å². The first kappa shape index (κ1) is 116. The zero-order chi connectivity index (χ0) is 99.6. The fraction of sp³-hybridized carbons (Fsp3) is 0.627. The number of aliphatic hydroxyl groups excluding tert-OH is 4. The van der Waals surface area contributed by atoms with Crippen molar-refractivity contribution in [2.24, 2.45) is 0 Å². The molecule has 0 bridgehead atoms. The molecule has 7 aromatic rings. The Labute approximate surface area is 881 Å². The summed E-state index contributed by atoms with van der Waals surface area (Å²) in [6.07, 6.45) is 11.2. The van der Waals surface area contributed by atoms with Crippen LogP contribution < -0.4 is 31.8 Å². The molecule has 0 spiro atoms. The topological polar surface area (TPSA) is 192 Å². The number of aliphatic hydroxyl groups is 4. The summed E-state index contributed by atoms with van der Waals surface area (Å²) < 4.78 is 77.5. The number of fused-ring (bicyclic) bond motifs is 4. The van der Waals surface area contributed by atoms with Crippen LogP contribution in [0.2, 0.25) is 0 Å². The van der Waals surface area contributed by atoms with E-state index < -0.39 is 67.7 Å². The van der Waals surface area contributed by atoms with E-state index in [9.17, 15) is 20.4 Å². The maximum atomic E-state index is 10.3. The molecule has 12 heterocycles. The number of ether oxygens (including phenoxy) is 12. The molecule has 16 nitrogen and oxygen atoms in total. The van der Waals surface area contributed by atoms with Crippen molar-refractivity contribution in [1.29, 1.82) is 0 Å². The second kappa shape index (κ2) is 49.3. The summed E-state index contributed by atoms with van der Waals surface area (Å²) in [7, 11) is -3.11. The van der Waals surface area contributed by atoms with E-state index in [-0.39, 0.29) is 147 Å². The zero-order valence-electron chi connectivity index (χ0n) is 90.2. The minimum absolute atomic E-state index is 0. The maximum absolute atomic E-state index is 10.3. The van der Waals surface area contributed by atoms with Gasteiger partial charge in [-0.2, -0.15) is 0 Å². The van der Waals surface area contributed by atoms with Crippen LogP contribution in [-0.2, 0) is 100 Å². The van der Waals surface area contributed by atoms with Crippen molar-refractivity contribution in [3.63, 3.8) is 0 Å². The molecular weight excluding hydrogens is 1980 g/mol. The Morgan fingerprint density at radius 2 is 0.385 bits per heavy atom. The van der Waals surface area contributed by atoms with E-state index in [0.29, 0.717) is 96.1 Å². The molecule has 12 aliphatic heterocycles. The first-order valence-corrected chi connectivity index (χ1v) is 65.0. The molecule has 12 saturated heterocycles. The average Bonchev–Trinajstić information content (AvgIpc) is 1.57. The Bertz CT molecular complexity index is 4620. The van der Waals surface area contributed by atoms with Crippen molar-refractivity contribution in [1.82, 2.24) is 0 Å². The second-order valence-electron chi connectivity index (χ2n) is 44.8. The van der Waals surface area contributed by atoms with E-state index in [1.807, 2.05) is 67.5 Å². The molecule has 2 aliphatic carbocycles. The summed E-state index contributed by atoms with van der Waals surface area (Å²) in [6, 6.07) is 69.0. The molecule has 0 amide bonds. The molecule has 2 saturated carbocycles. The van der Waals surface area contributed by atoms with Crippen molar-refractivity contribution >= 4 is 95.2 Å². The van der Waals surface area contributed by atoms with E-state index in [4.69, 9.17) is 56.8 Å². The number of hydrogen-bond acceptors (Lipinski definition) is 16. The summed E-state index contributed by atoms with van der Waals surface area (Å²) in [5.41, 5.74) is 13.2. The third-order valence-electron chi connectivity index (χ3n) is 33.8. The first-order chi connectivity index (χ1) is 66.8. The van der Waals surface area contributed by atoms with Crippen LogP contribution in [0.25, 0.3) is 0 Å². The predicted molar refractivity (Wildman–Crippen MR) is 601 cm³/mol. The Balaban J connectivity index is 0.000000152. The molecule has 32 atom stereocenters. The minimum atomic E-state index is -0.692. The largest absolute Gasteiger partial charge is 2.00 e. The van der Waals surface area contributed by atoms with Crippen LogP contribution in [-0.4, -0.2) is 243 Å². The van der Waals surface area contributed by atoms with E-state index >= 15 is 0 Å². The van der Waals surface area contributed by atoms with E-state index in [1.165, 1.54) is 94.8 Å². The van der Waals surface area contributed by atoms with Crippen molar-refractivity contribution < 1.29 is 94.3 Å². The fourth-order valence-corrected chi connectivity index (χ4v) is 57.4. The van der Waals surface area contributed by atoms with Gasteiger partial charge in [-0.05, 0) is 146 Å². The van der Waals surface area contributed by atoms with Gasteiger partial charge in [0.15, 0.2) is 23.1 Å². The molecule has 0 aromatic heterocycles. The van der Waals surface area contributed by atoms with E-state index in [2.05, 4.69) is 293 Å². The van der Waals surface area contributed by atoms with Crippen molar-refractivity contribution in [2.75, 3.05) is 0 Å². The Hall–Kier alpha value is -2.14. The maximum Gasteiger partial charge on any atom is 2.00 e. The van der Waals surface area contributed by atoms with Gasteiger partial charge in [0.05, 0.1) is 124 Å². The van der Waals surface area contributed by atoms with Gasteiger partial charge >= 0.3 is 17.1 Å². The SMILES string of the molecule is C[C@H]1[C@@H](O)[C@H](O)[C@H](C)P1c1ccccc1P1[C@@H](C)[C@@H](O)[C@H](O)[C@@H]1C.C[C@H]1[C@@H](OCc2ccccc2)[C@H](OCc2ccccc2)[C@H](C)P1c1ccccc1P1[C@@H](C)[C@@H](OCc2ccccc2)[C@H](OCc2ccccc2)[C@@H]1C.C[C@H]1[C@H]2OC(C)(C)O[C@@H]2[C@H](C)P1C1CCCC1.C[C@H]1[C@H]2OC(C)(C)O[C@@H]2[C@H](C)P1C1CCCC1.C[C@H]1[C@H]2OC(C)(C)O[C@@H]2[C@H](C)P1c1ccccc1P1[C@@H](C)[C@H]2OC(C)(C)O[C@@H]2[C@@H]1C.[CH3-].[CH3-].[Fe+2]. The summed E-state index contributed by atoms with van der Waals surface area (Å²) in [5, 5.41) is 49.8. The Morgan fingerprint density at radius 1 is 0.231 bits per heavy atom.